The fourth-order valence-electron chi connectivity index (χ4n) is 2.96. The molecule has 2 heterocycles. The maximum Gasteiger partial charge on any atom is 0.316 e. The Labute approximate surface area is 169 Å². The number of rotatable bonds is 5. The number of thiophene rings is 1. The maximum absolute atomic E-state index is 13.7. The molecule has 142 valence electrons. The van der Waals surface area contributed by atoms with Crippen molar-refractivity contribution in [3.8, 4) is 5.75 Å². The number of nitrogens with one attached hydrogen (secondary N) is 1. The minimum absolute atomic E-state index is 0.0989. The van der Waals surface area contributed by atoms with Crippen molar-refractivity contribution in [2.45, 2.75) is 6.54 Å². The first-order valence-electron chi connectivity index (χ1n) is 8.37. The predicted molar refractivity (Wildman–Crippen MR) is 111 cm³/mol. The average Bonchev–Trinajstić information content (AvgIpc) is 3.13. The number of hydrogen-bond acceptors (Lipinski definition) is 5. The Kier molecular flexibility index (Phi) is 5.02. The first kappa shape index (κ1) is 18.5. The molecule has 4 aromatic rings. The van der Waals surface area contributed by atoms with Crippen molar-refractivity contribution in [3.05, 3.63) is 80.8 Å². The van der Waals surface area contributed by atoms with Crippen LogP contribution in [0.5, 0.6) is 5.75 Å². The van der Waals surface area contributed by atoms with Gasteiger partial charge in [0.05, 0.1) is 19.9 Å². The lowest BCUT2D eigenvalue weighted by Gasteiger charge is -2.16. The smallest absolute Gasteiger partial charge is 0.316 e. The summed E-state index contributed by atoms with van der Waals surface area (Å²) in [7, 11) is 1.40. The Morgan fingerprint density at radius 2 is 2.14 bits per heavy atom. The van der Waals surface area contributed by atoms with Crippen LogP contribution in [0.1, 0.15) is 5.56 Å². The topological polar surface area (TPSA) is 56.1 Å². The molecule has 0 atom stereocenters. The molecule has 2 aromatic heterocycles. The van der Waals surface area contributed by atoms with Crippen LogP contribution in [0.25, 0.3) is 10.1 Å². The number of aromatic nitrogens is 2. The highest BCUT2D eigenvalue weighted by atomic mass is 35.5. The van der Waals surface area contributed by atoms with Crippen molar-refractivity contribution in [2.24, 2.45) is 0 Å². The Balaban J connectivity index is 1.78. The van der Waals surface area contributed by atoms with Crippen LogP contribution in [0, 0.1) is 5.82 Å². The van der Waals surface area contributed by atoms with Crippen LogP contribution in [-0.4, -0.2) is 16.7 Å². The number of fused-ring (bicyclic) bond motifs is 1. The van der Waals surface area contributed by atoms with E-state index in [1.165, 1.54) is 19.2 Å². The van der Waals surface area contributed by atoms with Crippen LogP contribution in [0.15, 0.2) is 58.8 Å². The van der Waals surface area contributed by atoms with Gasteiger partial charge < -0.3 is 14.6 Å². The van der Waals surface area contributed by atoms with Gasteiger partial charge in [-0.3, -0.25) is 4.79 Å². The van der Waals surface area contributed by atoms with Gasteiger partial charge in [0.25, 0.3) is 0 Å². The lowest BCUT2D eigenvalue weighted by Crippen LogP contribution is -2.18. The van der Waals surface area contributed by atoms with Crippen LogP contribution in [-0.2, 0) is 6.54 Å². The summed E-state index contributed by atoms with van der Waals surface area (Å²) in [4.78, 5) is 16.3. The van der Waals surface area contributed by atoms with Crippen LogP contribution in [0.4, 0.5) is 16.0 Å². The summed E-state index contributed by atoms with van der Waals surface area (Å²) in [5.74, 6) is -0.00676. The van der Waals surface area contributed by atoms with Crippen molar-refractivity contribution in [1.29, 1.82) is 0 Å². The maximum atomic E-state index is 13.7. The monoisotopic (exact) mass is 415 g/mol. The average molecular weight is 416 g/mol. The third kappa shape index (κ3) is 3.72. The van der Waals surface area contributed by atoms with E-state index in [0.717, 1.165) is 15.8 Å². The van der Waals surface area contributed by atoms with Crippen LogP contribution in [0.2, 0.25) is 5.02 Å². The van der Waals surface area contributed by atoms with Gasteiger partial charge in [0.2, 0.25) is 11.7 Å². The molecular formula is C20H15ClFN3O2S. The standard InChI is InChI=1S/C20H15ClFN3O2S/c1-27-17-11-25(10-12-7-13(21)9-14(22)8-12)20(24-19(17)26)23-16-3-2-4-18-15(16)5-6-28-18/h2-9,11H,10H2,1H3,(H,23,24,26). The van der Waals surface area contributed by atoms with E-state index in [-0.39, 0.29) is 12.3 Å². The largest absolute Gasteiger partial charge is 0.490 e. The molecular weight excluding hydrogens is 401 g/mol. The molecule has 0 amide bonds. The van der Waals surface area contributed by atoms with Gasteiger partial charge in [-0.25, -0.2) is 4.39 Å². The van der Waals surface area contributed by atoms with Gasteiger partial charge in [-0.15, -0.1) is 11.3 Å². The summed E-state index contributed by atoms with van der Waals surface area (Å²) in [5, 5.41) is 6.54. The fraction of sp³-hybridized carbons (Fsp3) is 0.100. The first-order valence-corrected chi connectivity index (χ1v) is 9.63. The Morgan fingerprint density at radius 3 is 2.93 bits per heavy atom. The SMILES string of the molecule is COc1cn(Cc2cc(F)cc(Cl)c2)c(Nc2cccc3sccc23)nc1=O. The van der Waals surface area contributed by atoms with E-state index in [2.05, 4.69) is 10.3 Å². The van der Waals surface area contributed by atoms with Crippen LogP contribution < -0.4 is 15.6 Å². The van der Waals surface area contributed by atoms with E-state index in [9.17, 15) is 9.18 Å². The van der Waals surface area contributed by atoms with Gasteiger partial charge in [0.15, 0.2) is 0 Å². The fourth-order valence-corrected chi connectivity index (χ4v) is 4.01. The predicted octanol–water partition coefficient (Wildman–Crippen LogP) is 5.05. The number of halogens is 2. The highest BCUT2D eigenvalue weighted by Crippen LogP contribution is 2.29. The second-order valence-electron chi connectivity index (χ2n) is 6.11. The van der Waals surface area contributed by atoms with E-state index in [1.807, 2.05) is 29.6 Å². The number of hydrogen-bond donors (Lipinski definition) is 1. The van der Waals surface area contributed by atoms with Gasteiger partial charge in [0, 0.05) is 20.8 Å². The van der Waals surface area contributed by atoms with Gasteiger partial charge in [0.1, 0.15) is 5.82 Å². The van der Waals surface area contributed by atoms with Crippen molar-refractivity contribution in [3.63, 3.8) is 0 Å². The lowest BCUT2D eigenvalue weighted by atomic mass is 10.2. The molecule has 5 nitrogen and oxygen atoms in total. The number of methoxy groups -OCH3 is 1. The third-order valence-corrected chi connectivity index (χ3v) is 5.30. The molecule has 0 unspecified atom stereocenters. The zero-order chi connectivity index (χ0) is 19.7. The van der Waals surface area contributed by atoms with Gasteiger partial charge >= 0.3 is 5.56 Å². The lowest BCUT2D eigenvalue weighted by molar-refractivity contribution is 0.402. The minimum Gasteiger partial charge on any atom is -0.490 e. The van der Waals surface area contributed by atoms with Gasteiger partial charge in [-0.05, 0) is 47.3 Å². The molecule has 2 aromatic carbocycles. The Hall–Kier alpha value is -2.90. The van der Waals surface area contributed by atoms with Crippen molar-refractivity contribution in [1.82, 2.24) is 9.55 Å². The Morgan fingerprint density at radius 1 is 1.29 bits per heavy atom. The molecule has 0 radical (unpaired) electrons. The zero-order valence-corrected chi connectivity index (χ0v) is 16.4. The highest BCUT2D eigenvalue weighted by Gasteiger charge is 2.12. The molecule has 4 rings (SSSR count). The molecule has 8 heteroatoms. The van der Waals surface area contributed by atoms with Crippen molar-refractivity contribution >= 4 is 44.7 Å². The molecule has 1 N–H and O–H groups in total. The second kappa shape index (κ2) is 7.61. The quantitative estimate of drug-likeness (QED) is 0.495. The summed E-state index contributed by atoms with van der Waals surface area (Å²) >= 11 is 7.59. The molecule has 0 spiro atoms. The van der Waals surface area contributed by atoms with Crippen LogP contribution in [0.3, 0.4) is 0 Å². The molecule has 0 bridgehead atoms. The number of ether oxygens (including phenoxy) is 1. The van der Waals surface area contributed by atoms with E-state index in [4.69, 9.17) is 16.3 Å². The van der Waals surface area contributed by atoms with Crippen molar-refractivity contribution < 1.29 is 9.13 Å². The molecule has 0 saturated heterocycles. The summed E-state index contributed by atoms with van der Waals surface area (Å²) in [6.07, 6.45) is 1.55. The number of benzene rings is 2. The van der Waals surface area contributed by atoms with Gasteiger partial charge in [-0.1, -0.05) is 17.7 Å². The van der Waals surface area contributed by atoms with Gasteiger partial charge in [-0.2, -0.15) is 4.98 Å². The number of anilines is 2. The van der Waals surface area contributed by atoms with E-state index >= 15 is 0 Å². The molecule has 0 fully saturated rings. The van der Waals surface area contributed by atoms with Crippen LogP contribution >= 0.6 is 22.9 Å². The summed E-state index contributed by atoms with van der Waals surface area (Å²) in [6, 6.07) is 12.2. The Bertz CT molecular complexity index is 1200. The summed E-state index contributed by atoms with van der Waals surface area (Å²) in [6.45, 7) is 0.253. The second-order valence-corrected chi connectivity index (χ2v) is 7.49. The molecule has 0 aliphatic heterocycles. The van der Waals surface area contributed by atoms with E-state index in [0.29, 0.717) is 16.5 Å². The molecule has 0 aliphatic carbocycles. The number of nitrogens with zero attached hydrogens (tertiary/aromatic N) is 2. The van der Waals surface area contributed by atoms with E-state index in [1.54, 1.807) is 28.2 Å². The molecule has 28 heavy (non-hydrogen) atoms. The van der Waals surface area contributed by atoms with Crippen molar-refractivity contribution in [2.75, 3.05) is 12.4 Å². The highest BCUT2D eigenvalue weighted by molar-refractivity contribution is 7.17. The summed E-state index contributed by atoms with van der Waals surface area (Å²) in [5.41, 5.74) is 0.965. The summed E-state index contributed by atoms with van der Waals surface area (Å²) < 4.78 is 21.6. The molecule has 0 saturated carbocycles. The van der Waals surface area contributed by atoms with E-state index < -0.39 is 11.4 Å². The zero-order valence-electron chi connectivity index (χ0n) is 14.8. The minimum atomic E-state index is -0.490. The molecule has 0 aliphatic rings. The third-order valence-electron chi connectivity index (χ3n) is 4.20. The normalized spacial score (nSPS) is 11.0. The first-order chi connectivity index (χ1) is 13.5.